The van der Waals surface area contributed by atoms with Gasteiger partial charge in [-0.15, -0.1) is 11.8 Å². The van der Waals surface area contributed by atoms with Crippen LogP contribution in [0.25, 0.3) is 0 Å². The molecule has 0 aliphatic carbocycles. The highest BCUT2D eigenvalue weighted by atomic mass is 32.2. The Morgan fingerprint density at radius 1 is 0.882 bits per heavy atom. The summed E-state index contributed by atoms with van der Waals surface area (Å²) >= 11 is 1.41. The monoisotopic (exact) mass is 476 g/mol. The maximum Gasteiger partial charge on any atom is 0.256 e. The topological polar surface area (TPSA) is 67.9 Å². The Morgan fingerprint density at radius 2 is 1.50 bits per heavy atom. The predicted molar refractivity (Wildman–Crippen MR) is 135 cm³/mol. The number of anilines is 1. The Bertz CT molecular complexity index is 1110. The highest BCUT2D eigenvalue weighted by Crippen LogP contribution is 2.27. The van der Waals surface area contributed by atoms with Crippen molar-refractivity contribution in [3.05, 3.63) is 78.4 Å². The molecule has 0 radical (unpaired) electrons. The highest BCUT2D eigenvalue weighted by Gasteiger charge is 2.19. The Balaban J connectivity index is 1.34. The average Bonchev–Trinajstić information content (AvgIpc) is 3.41. The molecule has 1 saturated heterocycles. The number of nitrogens with one attached hydrogen (secondary N) is 1. The highest BCUT2D eigenvalue weighted by molar-refractivity contribution is 8.00. The normalized spacial score (nSPS) is 12.9. The zero-order chi connectivity index (χ0) is 23.8. The van der Waals surface area contributed by atoms with E-state index in [0.717, 1.165) is 36.6 Å². The van der Waals surface area contributed by atoms with Crippen LogP contribution in [0.2, 0.25) is 0 Å². The van der Waals surface area contributed by atoms with E-state index in [2.05, 4.69) is 5.32 Å². The van der Waals surface area contributed by atoms with Gasteiger partial charge >= 0.3 is 0 Å². The van der Waals surface area contributed by atoms with Crippen molar-refractivity contribution in [2.75, 3.05) is 30.8 Å². The molecule has 2 amide bonds. The molecular formula is C27H28N2O4S. The molecule has 1 aliphatic rings. The van der Waals surface area contributed by atoms with E-state index in [-0.39, 0.29) is 11.8 Å². The van der Waals surface area contributed by atoms with Crippen molar-refractivity contribution in [1.29, 1.82) is 0 Å². The fourth-order valence-electron chi connectivity index (χ4n) is 3.69. The van der Waals surface area contributed by atoms with Crippen molar-refractivity contribution in [3.8, 4) is 17.2 Å². The van der Waals surface area contributed by atoms with E-state index in [0.29, 0.717) is 35.1 Å². The van der Waals surface area contributed by atoms with Crippen LogP contribution in [0.1, 0.15) is 30.1 Å². The number of carbonyl (C=O) groups is 2. The van der Waals surface area contributed by atoms with Gasteiger partial charge in [-0.05, 0) is 80.4 Å². The molecule has 3 aromatic rings. The van der Waals surface area contributed by atoms with Crippen molar-refractivity contribution >= 4 is 29.3 Å². The number of ether oxygens (including phenoxy) is 2. The van der Waals surface area contributed by atoms with Gasteiger partial charge in [0.25, 0.3) is 5.91 Å². The Morgan fingerprint density at radius 3 is 2.18 bits per heavy atom. The number of carbonyl (C=O) groups excluding carboxylic acids is 2. The number of thioether (sulfide) groups is 1. The quantitative estimate of drug-likeness (QED) is 0.393. The maximum absolute atomic E-state index is 12.9. The lowest BCUT2D eigenvalue weighted by atomic mass is 10.2. The van der Waals surface area contributed by atoms with Crippen LogP contribution in [0.5, 0.6) is 17.2 Å². The molecular weight excluding hydrogens is 448 g/mol. The minimum atomic E-state index is -0.211. The van der Waals surface area contributed by atoms with Crippen LogP contribution in [0.15, 0.2) is 77.7 Å². The number of benzene rings is 3. The first-order chi connectivity index (χ1) is 16.6. The van der Waals surface area contributed by atoms with Crippen LogP contribution in [-0.2, 0) is 4.79 Å². The van der Waals surface area contributed by atoms with Gasteiger partial charge in [-0.3, -0.25) is 9.59 Å². The van der Waals surface area contributed by atoms with Crippen LogP contribution >= 0.6 is 11.8 Å². The van der Waals surface area contributed by atoms with E-state index in [1.807, 2.05) is 54.3 Å². The number of rotatable bonds is 9. The average molecular weight is 477 g/mol. The molecule has 7 heteroatoms. The largest absolute Gasteiger partial charge is 0.494 e. The summed E-state index contributed by atoms with van der Waals surface area (Å²) in [7, 11) is 0. The first-order valence-electron chi connectivity index (χ1n) is 11.4. The first-order valence-corrected chi connectivity index (χ1v) is 12.4. The first kappa shape index (κ1) is 23.7. The molecule has 0 saturated carbocycles. The van der Waals surface area contributed by atoms with Gasteiger partial charge in [0.05, 0.1) is 17.9 Å². The number of amides is 2. The standard InChI is InChI=1S/C27H28N2O4S/c1-2-32-21-13-15-23(16-14-21)33-22-11-9-20(10-12-22)28-27(31)24-7-3-4-8-25(24)34-19-26(30)29-17-5-6-18-29/h3-4,7-16H,2,5-6,17-19H2,1H3,(H,28,31). The van der Waals surface area contributed by atoms with Crippen LogP contribution in [0, 0.1) is 0 Å². The van der Waals surface area contributed by atoms with Crippen molar-refractivity contribution in [1.82, 2.24) is 4.90 Å². The zero-order valence-corrected chi connectivity index (χ0v) is 20.0. The van der Waals surface area contributed by atoms with Crippen LogP contribution in [0.4, 0.5) is 5.69 Å². The molecule has 0 spiro atoms. The molecule has 1 fully saturated rings. The third-order valence-electron chi connectivity index (χ3n) is 5.42. The van der Waals surface area contributed by atoms with E-state index in [1.54, 1.807) is 30.3 Å². The van der Waals surface area contributed by atoms with E-state index < -0.39 is 0 Å². The summed E-state index contributed by atoms with van der Waals surface area (Å²) < 4.78 is 11.3. The van der Waals surface area contributed by atoms with Gasteiger partial charge in [0, 0.05) is 23.7 Å². The second kappa shape index (κ2) is 11.6. The lowest BCUT2D eigenvalue weighted by Crippen LogP contribution is -2.29. The summed E-state index contributed by atoms with van der Waals surface area (Å²) in [5, 5.41) is 2.93. The molecule has 0 atom stereocenters. The lowest BCUT2D eigenvalue weighted by molar-refractivity contribution is -0.127. The number of likely N-dealkylation sites (tertiary alicyclic amines) is 1. The molecule has 3 aromatic carbocycles. The van der Waals surface area contributed by atoms with Gasteiger partial charge in [-0.1, -0.05) is 12.1 Å². The van der Waals surface area contributed by atoms with Crippen molar-refractivity contribution in [2.24, 2.45) is 0 Å². The predicted octanol–water partition coefficient (Wildman–Crippen LogP) is 5.84. The molecule has 1 aliphatic heterocycles. The van der Waals surface area contributed by atoms with Gasteiger partial charge in [0.1, 0.15) is 17.2 Å². The third-order valence-corrected chi connectivity index (χ3v) is 6.48. The molecule has 1 heterocycles. The van der Waals surface area contributed by atoms with Gasteiger partial charge in [0.15, 0.2) is 0 Å². The van der Waals surface area contributed by atoms with Gasteiger partial charge < -0.3 is 19.7 Å². The zero-order valence-electron chi connectivity index (χ0n) is 19.2. The Hall–Kier alpha value is -3.45. The molecule has 4 rings (SSSR count). The second-order valence-corrected chi connectivity index (χ2v) is 8.87. The molecule has 0 aromatic heterocycles. The fraction of sp³-hybridized carbons (Fsp3) is 0.259. The second-order valence-electron chi connectivity index (χ2n) is 7.86. The molecule has 1 N–H and O–H groups in total. The van der Waals surface area contributed by atoms with Crippen molar-refractivity contribution in [3.63, 3.8) is 0 Å². The summed E-state index contributed by atoms with van der Waals surface area (Å²) in [6, 6.07) is 22.0. The SMILES string of the molecule is CCOc1ccc(Oc2ccc(NC(=O)c3ccccc3SCC(=O)N3CCCC3)cc2)cc1. The van der Waals surface area contributed by atoms with E-state index >= 15 is 0 Å². The van der Waals surface area contributed by atoms with E-state index in [9.17, 15) is 9.59 Å². The summed E-state index contributed by atoms with van der Waals surface area (Å²) in [6.45, 7) is 4.23. The van der Waals surface area contributed by atoms with Crippen LogP contribution < -0.4 is 14.8 Å². The number of hydrogen-bond acceptors (Lipinski definition) is 5. The Kier molecular flexibility index (Phi) is 8.09. The van der Waals surface area contributed by atoms with E-state index in [4.69, 9.17) is 9.47 Å². The summed E-state index contributed by atoms with van der Waals surface area (Å²) in [6.07, 6.45) is 2.14. The van der Waals surface area contributed by atoms with Crippen molar-refractivity contribution in [2.45, 2.75) is 24.7 Å². The lowest BCUT2D eigenvalue weighted by Gasteiger charge is -2.15. The smallest absolute Gasteiger partial charge is 0.256 e. The minimum absolute atomic E-state index is 0.126. The van der Waals surface area contributed by atoms with Crippen molar-refractivity contribution < 1.29 is 19.1 Å². The summed E-state index contributed by atoms with van der Waals surface area (Å²) in [5.74, 6) is 2.42. The number of hydrogen-bond donors (Lipinski definition) is 1. The molecule has 34 heavy (non-hydrogen) atoms. The third kappa shape index (κ3) is 6.32. The van der Waals surface area contributed by atoms with Gasteiger partial charge in [-0.2, -0.15) is 0 Å². The number of nitrogens with zero attached hydrogens (tertiary/aromatic N) is 1. The van der Waals surface area contributed by atoms with Crippen LogP contribution in [0.3, 0.4) is 0 Å². The molecule has 6 nitrogen and oxygen atoms in total. The van der Waals surface area contributed by atoms with Gasteiger partial charge in [-0.25, -0.2) is 0 Å². The summed E-state index contributed by atoms with van der Waals surface area (Å²) in [4.78, 5) is 28.0. The maximum atomic E-state index is 12.9. The summed E-state index contributed by atoms with van der Waals surface area (Å²) in [5.41, 5.74) is 1.22. The molecule has 0 bridgehead atoms. The molecule has 0 unspecified atom stereocenters. The fourth-order valence-corrected chi connectivity index (χ4v) is 4.64. The van der Waals surface area contributed by atoms with Gasteiger partial charge in [0.2, 0.25) is 5.91 Å². The van der Waals surface area contributed by atoms with Crippen LogP contribution in [-0.4, -0.2) is 42.2 Å². The molecule has 176 valence electrons. The van der Waals surface area contributed by atoms with E-state index in [1.165, 1.54) is 11.8 Å². The Labute approximate surface area is 204 Å². The minimum Gasteiger partial charge on any atom is -0.494 e.